The first-order valence-corrected chi connectivity index (χ1v) is 14.9. The Morgan fingerprint density at radius 3 is 1.74 bits per heavy atom. The minimum atomic E-state index is 1.11. The summed E-state index contributed by atoms with van der Waals surface area (Å²) in [6.45, 7) is 7.39. The van der Waals surface area contributed by atoms with Gasteiger partial charge >= 0.3 is 0 Å². The second-order valence-electron chi connectivity index (χ2n) is 10.7. The summed E-state index contributed by atoms with van der Waals surface area (Å²) in [5.74, 6) is 0. The third-order valence-corrected chi connectivity index (χ3v) is 7.81. The van der Waals surface area contributed by atoms with Gasteiger partial charge in [-0.15, -0.1) is 0 Å². The molecule has 0 aliphatic carbocycles. The van der Waals surface area contributed by atoms with E-state index in [1.54, 1.807) is 0 Å². The molecular weight excluding hydrogens is 422 g/mol. The van der Waals surface area contributed by atoms with Crippen molar-refractivity contribution < 1.29 is 0 Å². The first kappa shape index (κ1) is 27.6. The van der Waals surface area contributed by atoms with Crippen LogP contribution in [0.25, 0.3) is 6.08 Å². The number of hydrogen-bond donors (Lipinski definition) is 0. The quantitative estimate of drug-likeness (QED) is 0.195. The maximum absolute atomic E-state index is 3.97. The first-order valence-electron chi connectivity index (χ1n) is 14.9. The second kappa shape index (κ2) is 16.6. The predicted octanol–water partition coefficient (Wildman–Crippen LogP) is 10.8. The summed E-state index contributed by atoms with van der Waals surface area (Å²) < 4.78 is 0. The molecule has 0 saturated heterocycles. The van der Waals surface area contributed by atoms with Gasteiger partial charge < -0.3 is 4.90 Å². The molecule has 2 aromatic rings. The average Bonchev–Trinajstić information content (AvgIpc) is 3.05. The summed E-state index contributed by atoms with van der Waals surface area (Å²) in [5, 5.41) is 0. The molecule has 1 heteroatoms. The lowest BCUT2D eigenvalue weighted by atomic mass is 10.0. The number of para-hydroxylation sites is 1. The summed E-state index contributed by atoms with van der Waals surface area (Å²) in [6.07, 6.45) is 26.9. The van der Waals surface area contributed by atoms with Gasteiger partial charge in [-0.1, -0.05) is 140 Å². The van der Waals surface area contributed by atoms with E-state index in [0.717, 1.165) is 19.4 Å². The van der Waals surface area contributed by atoms with Crippen LogP contribution >= 0.6 is 0 Å². The highest BCUT2D eigenvalue weighted by Crippen LogP contribution is 2.36. The molecule has 0 N–H and O–H groups in total. The van der Waals surface area contributed by atoms with Crippen molar-refractivity contribution in [1.82, 2.24) is 0 Å². The SMILES string of the molecule is C=Cc1ccc2c(c1)CCc1ccccc1N2CCCCCCCCCCCCCCCCCC. The lowest BCUT2D eigenvalue weighted by Gasteiger charge is -2.27. The molecule has 192 valence electrons. The van der Waals surface area contributed by atoms with Gasteiger partial charge in [-0.05, 0) is 54.2 Å². The van der Waals surface area contributed by atoms with E-state index in [1.807, 2.05) is 6.08 Å². The number of benzene rings is 2. The van der Waals surface area contributed by atoms with Crippen LogP contribution in [0.4, 0.5) is 11.4 Å². The lowest BCUT2D eigenvalue weighted by Crippen LogP contribution is -2.19. The molecule has 0 atom stereocenters. The molecule has 0 bridgehead atoms. The number of unbranched alkanes of at least 4 members (excludes halogenated alkanes) is 15. The van der Waals surface area contributed by atoms with Gasteiger partial charge in [-0.3, -0.25) is 0 Å². The summed E-state index contributed by atoms with van der Waals surface area (Å²) in [5.41, 5.74) is 7.01. The van der Waals surface area contributed by atoms with Gasteiger partial charge in [0.1, 0.15) is 0 Å². The zero-order chi connectivity index (χ0) is 24.6. The zero-order valence-corrected chi connectivity index (χ0v) is 22.7. The van der Waals surface area contributed by atoms with Gasteiger partial charge in [0.15, 0.2) is 0 Å². The van der Waals surface area contributed by atoms with E-state index in [9.17, 15) is 0 Å². The van der Waals surface area contributed by atoms with Crippen LogP contribution in [-0.4, -0.2) is 6.54 Å². The van der Waals surface area contributed by atoms with E-state index < -0.39 is 0 Å². The second-order valence-corrected chi connectivity index (χ2v) is 10.7. The van der Waals surface area contributed by atoms with Crippen molar-refractivity contribution in [1.29, 1.82) is 0 Å². The Bertz CT molecular complexity index is 851. The van der Waals surface area contributed by atoms with Crippen LogP contribution in [0.2, 0.25) is 0 Å². The van der Waals surface area contributed by atoms with Crippen LogP contribution < -0.4 is 4.90 Å². The molecule has 0 unspecified atom stereocenters. The molecule has 1 aliphatic rings. The molecule has 1 heterocycles. The molecule has 1 nitrogen and oxygen atoms in total. The fraction of sp³-hybridized carbons (Fsp3) is 0.588. The van der Waals surface area contributed by atoms with Gasteiger partial charge in [0.25, 0.3) is 0 Å². The highest BCUT2D eigenvalue weighted by Gasteiger charge is 2.20. The third-order valence-electron chi connectivity index (χ3n) is 7.81. The molecule has 35 heavy (non-hydrogen) atoms. The topological polar surface area (TPSA) is 3.24 Å². The Morgan fingerprint density at radius 2 is 1.14 bits per heavy atom. The van der Waals surface area contributed by atoms with E-state index in [2.05, 4.69) is 60.9 Å². The van der Waals surface area contributed by atoms with Gasteiger partial charge in [0, 0.05) is 17.9 Å². The fourth-order valence-electron chi connectivity index (χ4n) is 5.64. The Balaban J connectivity index is 1.30. The van der Waals surface area contributed by atoms with Crippen molar-refractivity contribution >= 4 is 17.5 Å². The number of nitrogens with zero attached hydrogens (tertiary/aromatic N) is 1. The van der Waals surface area contributed by atoms with Crippen molar-refractivity contribution in [2.24, 2.45) is 0 Å². The first-order chi connectivity index (χ1) is 17.3. The minimum Gasteiger partial charge on any atom is -0.341 e. The normalized spacial score (nSPS) is 12.8. The summed E-state index contributed by atoms with van der Waals surface area (Å²) in [4.78, 5) is 2.59. The number of anilines is 2. The van der Waals surface area contributed by atoms with Gasteiger partial charge in [0.05, 0.1) is 0 Å². The largest absolute Gasteiger partial charge is 0.341 e. The summed E-state index contributed by atoms with van der Waals surface area (Å²) in [7, 11) is 0. The van der Waals surface area contributed by atoms with Crippen LogP contribution in [0.3, 0.4) is 0 Å². The van der Waals surface area contributed by atoms with E-state index in [1.165, 1.54) is 131 Å². The number of rotatable bonds is 18. The molecule has 0 saturated carbocycles. The van der Waals surface area contributed by atoms with Crippen LogP contribution in [0.15, 0.2) is 49.0 Å². The number of hydrogen-bond acceptors (Lipinski definition) is 1. The Hall–Kier alpha value is -2.02. The average molecular weight is 474 g/mol. The molecule has 0 fully saturated rings. The molecule has 2 aromatic carbocycles. The fourth-order valence-corrected chi connectivity index (χ4v) is 5.64. The van der Waals surface area contributed by atoms with Gasteiger partial charge in [-0.2, -0.15) is 0 Å². The highest BCUT2D eigenvalue weighted by atomic mass is 15.1. The molecule has 0 amide bonds. The highest BCUT2D eigenvalue weighted by molar-refractivity contribution is 5.72. The molecule has 3 rings (SSSR count). The number of fused-ring (bicyclic) bond motifs is 2. The van der Waals surface area contributed by atoms with Crippen LogP contribution in [0, 0.1) is 0 Å². The van der Waals surface area contributed by atoms with Crippen molar-refractivity contribution in [2.75, 3.05) is 11.4 Å². The maximum atomic E-state index is 3.97. The van der Waals surface area contributed by atoms with E-state index in [4.69, 9.17) is 0 Å². The van der Waals surface area contributed by atoms with Crippen molar-refractivity contribution in [3.05, 3.63) is 65.7 Å². The molecule has 0 spiro atoms. The van der Waals surface area contributed by atoms with Gasteiger partial charge in [0.2, 0.25) is 0 Å². The molecule has 0 radical (unpaired) electrons. The predicted molar refractivity (Wildman–Crippen MR) is 157 cm³/mol. The zero-order valence-electron chi connectivity index (χ0n) is 22.7. The van der Waals surface area contributed by atoms with Crippen LogP contribution in [0.5, 0.6) is 0 Å². The standard InChI is InChI=1S/C34H51N/c1-3-5-6-7-8-9-10-11-12-13-14-15-16-17-18-21-28-35-33-23-20-19-22-31(33)25-26-32-29-30(4-2)24-27-34(32)35/h4,19-20,22-24,27,29H,2-3,5-18,21,25-26,28H2,1H3. The van der Waals surface area contributed by atoms with Crippen LogP contribution in [-0.2, 0) is 12.8 Å². The Labute approximate surface area is 217 Å². The lowest BCUT2D eigenvalue weighted by molar-refractivity contribution is 0.530. The molecule has 1 aliphatic heterocycles. The molecule has 0 aromatic heterocycles. The Morgan fingerprint density at radius 1 is 0.629 bits per heavy atom. The van der Waals surface area contributed by atoms with Crippen molar-refractivity contribution in [3.8, 4) is 0 Å². The molecular formula is C34H51N. The number of aryl methyl sites for hydroxylation is 2. The Kier molecular flexibility index (Phi) is 13.1. The monoisotopic (exact) mass is 473 g/mol. The van der Waals surface area contributed by atoms with Crippen molar-refractivity contribution in [2.45, 2.75) is 122 Å². The van der Waals surface area contributed by atoms with E-state index >= 15 is 0 Å². The summed E-state index contributed by atoms with van der Waals surface area (Å²) >= 11 is 0. The van der Waals surface area contributed by atoms with Crippen molar-refractivity contribution in [3.63, 3.8) is 0 Å². The van der Waals surface area contributed by atoms with E-state index in [-0.39, 0.29) is 0 Å². The maximum Gasteiger partial charge on any atom is 0.0443 e. The smallest absolute Gasteiger partial charge is 0.0443 e. The minimum absolute atomic E-state index is 1.11. The van der Waals surface area contributed by atoms with Crippen LogP contribution in [0.1, 0.15) is 126 Å². The summed E-state index contributed by atoms with van der Waals surface area (Å²) in [6, 6.07) is 15.9. The third kappa shape index (κ3) is 9.51. The van der Waals surface area contributed by atoms with Gasteiger partial charge in [-0.25, -0.2) is 0 Å². The van der Waals surface area contributed by atoms with E-state index in [0.29, 0.717) is 0 Å².